The number of sulfonamides is 1. The van der Waals surface area contributed by atoms with Gasteiger partial charge in [0.05, 0.1) is 10.0 Å². The first-order chi connectivity index (χ1) is 14.3. The van der Waals surface area contributed by atoms with Crippen molar-refractivity contribution in [1.82, 2.24) is 4.72 Å². The van der Waals surface area contributed by atoms with Crippen LogP contribution in [0.2, 0.25) is 10.0 Å². The molecule has 0 unspecified atom stereocenters. The zero-order valence-electron chi connectivity index (χ0n) is 15.3. The molecule has 6 nitrogen and oxygen atoms in total. The van der Waals surface area contributed by atoms with Gasteiger partial charge in [-0.15, -0.1) is 0 Å². The van der Waals surface area contributed by atoms with Crippen molar-refractivity contribution < 1.29 is 22.7 Å². The van der Waals surface area contributed by atoms with Crippen molar-refractivity contribution in [3.8, 4) is 11.5 Å². The Balaban J connectivity index is 1.67. The first-order valence-electron chi connectivity index (χ1n) is 8.85. The Morgan fingerprint density at radius 3 is 2.03 bits per heavy atom. The number of hydrogen-bond acceptors (Lipinski definition) is 5. The van der Waals surface area contributed by atoms with Gasteiger partial charge in [-0.05, 0) is 35.4 Å². The Bertz CT molecular complexity index is 1180. The number of nitrogens with one attached hydrogen (secondary N) is 1. The summed E-state index contributed by atoms with van der Waals surface area (Å²) in [6.45, 7) is 0. The van der Waals surface area contributed by atoms with E-state index in [1.807, 2.05) is 29.0 Å². The molecule has 0 saturated carbocycles. The molecule has 3 aromatic rings. The average molecular weight is 464 g/mol. The van der Waals surface area contributed by atoms with Crippen LogP contribution in [-0.2, 0) is 21.2 Å². The largest absolute Gasteiger partial charge is 0.446 e. The lowest BCUT2D eigenvalue weighted by Crippen LogP contribution is -2.45. The van der Waals surface area contributed by atoms with Gasteiger partial charge in [0.2, 0.25) is 0 Å². The Labute approximate surface area is 183 Å². The van der Waals surface area contributed by atoms with Crippen molar-refractivity contribution in [1.29, 1.82) is 0 Å². The summed E-state index contributed by atoms with van der Waals surface area (Å²) >= 11 is 11.9. The van der Waals surface area contributed by atoms with E-state index >= 15 is 0 Å². The molecule has 9 heteroatoms. The van der Waals surface area contributed by atoms with Crippen LogP contribution in [0.25, 0.3) is 0 Å². The molecule has 1 heterocycles. The summed E-state index contributed by atoms with van der Waals surface area (Å²) in [5.74, 6) is -0.159. The van der Waals surface area contributed by atoms with Crippen molar-refractivity contribution in [3.05, 3.63) is 87.9 Å². The van der Waals surface area contributed by atoms with E-state index in [4.69, 9.17) is 32.7 Å². The van der Waals surface area contributed by atoms with Gasteiger partial charge >= 0.3 is 12.2 Å². The predicted octanol–water partition coefficient (Wildman–Crippen LogP) is 4.19. The maximum absolute atomic E-state index is 12.9. The second kappa shape index (κ2) is 8.18. The van der Waals surface area contributed by atoms with E-state index in [2.05, 4.69) is 0 Å². The lowest BCUT2D eigenvalue weighted by atomic mass is 10.0. The summed E-state index contributed by atoms with van der Waals surface area (Å²) in [6, 6.07) is 18.4. The second-order valence-corrected chi connectivity index (χ2v) is 8.92. The molecule has 0 fully saturated rings. The normalized spacial score (nSPS) is 13.7. The highest BCUT2D eigenvalue weighted by Crippen LogP contribution is 2.32. The molecule has 30 heavy (non-hydrogen) atoms. The number of halogens is 2. The maximum Gasteiger partial charge on any atom is 0.322 e. The van der Waals surface area contributed by atoms with Crippen LogP contribution in [0.4, 0.5) is 0 Å². The van der Waals surface area contributed by atoms with Crippen molar-refractivity contribution in [2.45, 2.75) is 17.6 Å². The zero-order valence-corrected chi connectivity index (χ0v) is 17.7. The molecule has 0 atom stereocenters. The molecule has 0 aromatic heterocycles. The molecule has 4 rings (SSSR count). The second-order valence-electron chi connectivity index (χ2n) is 6.48. The minimum Gasteiger partial charge on any atom is -0.446 e. The summed E-state index contributed by atoms with van der Waals surface area (Å²) in [5.41, 5.74) is 1.68. The number of hydrogen-bond donors (Lipinski definition) is 1. The Morgan fingerprint density at radius 1 is 0.867 bits per heavy atom. The number of fused-ring (bicyclic) bond motifs is 2. The average Bonchev–Trinajstić information content (AvgIpc) is 2.69. The monoisotopic (exact) mass is 463 g/mol. The number of amides is 1. The molecule has 1 amide bonds. The van der Waals surface area contributed by atoms with Crippen LogP contribution in [-0.4, -0.2) is 20.6 Å². The van der Waals surface area contributed by atoms with Crippen molar-refractivity contribution in [2.24, 2.45) is 0 Å². The van der Waals surface area contributed by atoms with Crippen LogP contribution in [0.5, 0.6) is 11.5 Å². The van der Waals surface area contributed by atoms with Gasteiger partial charge in [-0.2, -0.15) is 0 Å². The number of benzene rings is 3. The van der Waals surface area contributed by atoms with E-state index in [1.165, 1.54) is 18.2 Å². The van der Waals surface area contributed by atoms with Crippen LogP contribution < -0.4 is 14.2 Å². The standard InChI is InChI=1S/C21H15Cl2NO5S/c22-15-8-5-11-18(19(15)23)30(26,27)24-20(25)21-28-16-9-3-1-6-13(16)12-14-7-2-4-10-17(14)29-21/h1-11,21H,12H2,(H,24,25). The van der Waals surface area contributed by atoms with Crippen LogP contribution in [0.3, 0.4) is 0 Å². The highest BCUT2D eigenvalue weighted by Gasteiger charge is 2.31. The molecule has 0 aliphatic carbocycles. The molecule has 1 aliphatic heterocycles. The number of para-hydroxylation sites is 2. The molecule has 0 spiro atoms. The van der Waals surface area contributed by atoms with E-state index in [0.717, 1.165) is 11.1 Å². The summed E-state index contributed by atoms with van der Waals surface area (Å²) in [7, 11) is -4.31. The molecule has 1 N–H and O–H groups in total. The third-order valence-corrected chi connectivity index (χ3v) is 6.77. The first-order valence-corrected chi connectivity index (χ1v) is 11.1. The maximum atomic E-state index is 12.9. The van der Waals surface area contributed by atoms with E-state index < -0.39 is 22.2 Å². The van der Waals surface area contributed by atoms with Gasteiger partial charge in [0, 0.05) is 6.42 Å². The predicted molar refractivity (Wildman–Crippen MR) is 113 cm³/mol. The number of carbonyl (C=O) groups excluding carboxylic acids is 1. The quantitative estimate of drug-likeness (QED) is 0.629. The van der Waals surface area contributed by atoms with Crippen LogP contribution >= 0.6 is 23.2 Å². The van der Waals surface area contributed by atoms with Crippen molar-refractivity contribution in [2.75, 3.05) is 0 Å². The molecule has 0 radical (unpaired) electrons. The smallest absolute Gasteiger partial charge is 0.322 e. The van der Waals surface area contributed by atoms with Gasteiger partial charge < -0.3 is 9.47 Å². The summed E-state index contributed by atoms with van der Waals surface area (Å²) in [4.78, 5) is 12.5. The van der Waals surface area contributed by atoms with E-state index in [9.17, 15) is 13.2 Å². The minimum absolute atomic E-state index is 0.0494. The third-order valence-electron chi connectivity index (χ3n) is 4.45. The van der Waals surface area contributed by atoms with Gasteiger partial charge in [-0.25, -0.2) is 13.1 Å². The molecule has 0 bridgehead atoms. The number of rotatable bonds is 3. The fraction of sp³-hybridized carbons (Fsp3) is 0.0952. The van der Waals surface area contributed by atoms with Gasteiger partial charge in [-0.3, -0.25) is 4.79 Å². The van der Waals surface area contributed by atoms with Crippen LogP contribution in [0.15, 0.2) is 71.6 Å². The summed E-state index contributed by atoms with van der Waals surface area (Å²) in [6.07, 6.45) is -1.00. The number of ether oxygens (including phenoxy) is 2. The zero-order chi connectivity index (χ0) is 21.3. The fourth-order valence-corrected chi connectivity index (χ4v) is 4.76. The topological polar surface area (TPSA) is 81.7 Å². The van der Waals surface area contributed by atoms with E-state index in [-0.39, 0.29) is 14.9 Å². The highest BCUT2D eigenvalue weighted by atomic mass is 35.5. The lowest BCUT2D eigenvalue weighted by Gasteiger charge is -2.25. The summed E-state index contributed by atoms with van der Waals surface area (Å²) < 4.78 is 38.9. The highest BCUT2D eigenvalue weighted by molar-refractivity contribution is 7.90. The van der Waals surface area contributed by atoms with Crippen LogP contribution in [0.1, 0.15) is 11.1 Å². The van der Waals surface area contributed by atoms with Crippen LogP contribution in [0, 0.1) is 0 Å². The van der Waals surface area contributed by atoms with Gasteiger partial charge in [-0.1, -0.05) is 65.7 Å². The molecular formula is C21H15Cl2NO5S. The van der Waals surface area contributed by atoms with Crippen molar-refractivity contribution in [3.63, 3.8) is 0 Å². The Morgan fingerprint density at radius 2 is 1.43 bits per heavy atom. The molecule has 3 aromatic carbocycles. The van der Waals surface area contributed by atoms with Gasteiger partial charge in [0.25, 0.3) is 10.0 Å². The van der Waals surface area contributed by atoms with Gasteiger partial charge in [0.1, 0.15) is 16.4 Å². The Kier molecular flexibility index (Phi) is 5.60. The molecule has 0 saturated heterocycles. The third kappa shape index (κ3) is 4.09. The lowest BCUT2D eigenvalue weighted by molar-refractivity contribution is -0.138. The minimum atomic E-state index is -4.31. The molecule has 1 aliphatic rings. The van der Waals surface area contributed by atoms with E-state index in [0.29, 0.717) is 17.9 Å². The van der Waals surface area contributed by atoms with Crippen molar-refractivity contribution >= 4 is 39.1 Å². The van der Waals surface area contributed by atoms with Gasteiger partial charge in [0.15, 0.2) is 0 Å². The number of carbonyl (C=O) groups is 1. The molecule has 154 valence electrons. The Hall–Kier alpha value is -2.74. The SMILES string of the molecule is O=C(NS(=O)(=O)c1cccc(Cl)c1Cl)C1Oc2ccccc2Cc2ccccc2O1. The fourth-order valence-electron chi connectivity index (χ4n) is 3.02. The van der Waals surface area contributed by atoms with E-state index in [1.54, 1.807) is 24.3 Å². The summed E-state index contributed by atoms with van der Waals surface area (Å²) in [5, 5.41) is -0.136. The molecular weight excluding hydrogens is 449 g/mol. The first kappa shape index (κ1) is 20.5.